The molecule has 0 aromatic carbocycles. The van der Waals surface area contributed by atoms with E-state index in [9.17, 15) is 4.79 Å². The molecule has 0 N–H and O–H groups in total. The summed E-state index contributed by atoms with van der Waals surface area (Å²) in [5.74, 6) is 1.71. The molecule has 2 fully saturated rings. The zero-order valence-corrected chi connectivity index (χ0v) is 9.47. The highest BCUT2D eigenvalue weighted by Crippen LogP contribution is 2.67. The van der Waals surface area contributed by atoms with E-state index in [1.54, 1.807) is 0 Å². The Morgan fingerprint density at radius 2 is 2.29 bits per heavy atom. The molecule has 2 aliphatic rings. The molecule has 0 unspecified atom stereocenters. The van der Waals surface area contributed by atoms with Crippen LogP contribution >= 0.6 is 0 Å². The summed E-state index contributed by atoms with van der Waals surface area (Å²) >= 11 is 0. The molecule has 0 radical (unpaired) electrons. The van der Waals surface area contributed by atoms with E-state index in [-0.39, 0.29) is 0 Å². The Balaban J connectivity index is 1.89. The maximum absolute atomic E-state index is 11.5. The molecule has 3 atom stereocenters. The highest BCUT2D eigenvalue weighted by molar-refractivity contribution is 5.88. The van der Waals surface area contributed by atoms with E-state index >= 15 is 0 Å². The van der Waals surface area contributed by atoms with Gasteiger partial charge in [-0.3, -0.25) is 4.79 Å². The Morgan fingerprint density at radius 3 is 2.79 bits per heavy atom. The lowest BCUT2D eigenvalue weighted by molar-refractivity contribution is -0.120. The van der Waals surface area contributed by atoms with E-state index in [0.29, 0.717) is 17.1 Å². The Morgan fingerprint density at radius 1 is 1.57 bits per heavy atom. The molecule has 2 rings (SSSR count). The van der Waals surface area contributed by atoms with Crippen LogP contribution in [-0.4, -0.2) is 5.78 Å². The van der Waals surface area contributed by atoms with Gasteiger partial charge in [-0.1, -0.05) is 18.6 Å². The minimum Gasteiger partial charge on any atom is -0.299 e. The van der Waals surface area contributed by atoms with Crippen molar-refractivity contribution in [3.05, 3.63) is 11.6 Å². The highest BCUT2D eigenvalue weighted by atomic mass is 16.1. The van der Waals surface area contributed by atoms with Gasteiger partial charge in [0.25, 0.3) is 0 Å². The summed E-state index contributed by atoms with van der Waals surface area (Å²) in [7, 11) is 0. The van der Waals surface area contributed by atoms with E-state index < -0.39 is 0 Å². The molecule has 0 saturated heterocycles. The Hall–Kier alpha value is -0.590. The van der Waals surface area contributed by atoms with Crippen LogP contribution in [0, 0.1) is 17.3 Å². The average Bonchev–Trinajstić information content (AvgIpc) is 2.47. The molecule has 1 heteroatoms. The van der Waals surface area contributed by atoms with Crippen molar-refractivity contribution in [1.29, 1.82) is 0 Å². The van der Waals surface area contributed by atoms with Crippen molar-refractivity contribution in [3.63, 3.8) is 0 Å². The highest BCUT2D eigenvalue weighted by Gasteiger charge is 2.66. The summed E-state index contributed by atoms with van der Waals surface area (Å²) in [6, 6.07) is 0. The molecule has 0 heterocycles. The molecule has 2 aliphatic carbocycles. The van der Waals surface area contributed by atoms with Crippen LogP contribution in [0.5, 0.6) is 0 Å². The normalized spacial score (nSPS) is 39.5. The monoisotopic (exact) mass is 192 g/mol. The minimum atomic E-state index is 0.376. The third kappa shape index (κ3) is 1.43. The topological polar surface area (TPSA) is 17.1 Å². The van der Waals surface area contributed by atoms with E-state index in [4.69, 9.17) is 0 Å². The van der Waals surface area contributed by atoms with Crippen molar-refractivity contribution in [1.82, 2.24) is 0 Å². The second-order valence-electron chi connectivity index (χ2n) is 5.42. The van der Waals surface area contributed by atoms with Gasteiger partial charge >= 0.3 is 0 Å². The molecule has 1 nitrogen and oxygen atoms in total. The van der Waals surface area contributed by atoms with E-state index in [0.717, 1.165) is 25.2 Å². The van der Waals surface area contributed by atoms with Crippen LogP contribution in [0.4, 0.5) is 0 Å². The molecule has 0 amide bonds. The summed E-state index contributed by atoms with van der Waals surface area (Å²) in [6.45, 7) is 6.58. The number of allylic oxidation sites excluding steroid dienone is 2. The van der Waals surface area contributed by atoms with Crippen LogP contribution in [-0.2, 0) is 4.79 Å². The van der Waals surface area contributed by atoms with Crippen LogP contribution < -0.4 is 0 Å². The number of hydrogen-bond donors (Lipinski definition) is 0. The molecular weight excluding hydrogens is 172 g/mol. The molecule has 0 bridgehead atoms. The summed E-state index contributed by atoms with van der Waals surface area (Å²) in [5.41, 5.74) is 1.77. The quantitative estimate of drug-likeness (QED) is 0.627. The minimum absolute atomic E-state index is 0.376. The first-order chi connectivity index (χ1) is 6.55. The fourth-order valence-electron chi connectivity index (χ4n) is 3.22. The van der Waals surface area contributed by atoms with Crippen LogP contribution in [0.3, 0.4) is 0 Å². The smallest absolute Gasteiger partial charge is 0.136 e. The Kier molecular flexibility index (Phi) is 2.29. The largest absolute Gasteiger partial charge is 0.299 e. The summed E-state index contributed by atoms with van der Waals surface area (Å²) in [4.78, 5) is 11.5. The fraction of sp³-hybridized carbons (Fsp3) is 0.769. The maximum atomic E-state index is 11.5. The molecule has 14 heavy (non-hydrogen) atoms. The second kappa shape index (κ2) is 3.22. The molecule has 0 aromatic rings. The van der Waals surface area contributed by atoms with Gasteiger partial charge in [0.05, 0.1) is 0 Å². The number of ketones is 1. The van der Waals surface area contributed by atoms with Crippen molar-refractivity contribution in [3.8, 4) is 0 Å². The van der Waals surface area contributed by atoms with E-state index in [1.807, 2.05) is 0 Å². The van der Waals surface area contributed by atoms with E-state index in [1.165, 1.54) is 12.0 Å². The van der Waals surface area contributed by atoms with Crippen molar-refractivity contribution < 1.29 is 4.79 Å². The third-order valence-electron chi connectivity index (χ3n) is 4.14. The average molecular weight is 192 g/mol. The zero-order chi connectivity index (χ0) is 10.3. The Labute approximate surface area is 86.6 Å². The number of Topliss-reactive ketones (excluding diaryl/α,β-unsaturated/α-hetero) is 1. The van der Waals surface area contributed by atoms with Crippen LogP contribution in [0.1, 0.15) is 46.5 Å². The van der Waals surface area contributed by atoms with Gasteiger partial charge < -0.3 is 0 Å². The van der Waals surface area contributed by atoms with E-state index in [2.05, 4.69) is 26.8 Å². The van der Waals surface area contributed by atoms with Gasteiger partial charge in [0.1, 0.15) is 5.78 Å². The third-order valence-corrected chi connectivity index (χ3v) is 4.14. The predicted molar refractivity (Wildman–Crippen MR) is 58.0 cm³/mol. The van der Waals surface area contributed by atoms with Crippen molar-refractivity contribution in [2.24, 2.45) is 17.3 Å². The maximum Gasteiger partial charge on any atom is 0.136 e. The number of hydrogen-bond acceptors (Lipinski definition) is 1. The number of rotatable bonds is 3. The van der Waals surface area contributed by atoms with Gasteiger partial charge in [-0.25, -0.2) is 0 Å². The van der Waals surface area contributed by atoms with Crippen molar-refractivity contribution in [2.75, 3.05) is 0 Å². The van der Waals surface area contributed by atoms with Crippen molar-refractivity contribution in [2.45, 2.75) is 46.5 Å². The first-order valence-corrected chi connectivity index (χ1v) is 5.72. The van der Waals surface area contributed by atoms with Gasteiger partial charge in [-0.05, 0) is 44.4 Å². The lowest BCUT2D eigenvalue weighted by Gasteiger charge is -2.12. The summed E-state index contributed by atoms with van der Waals surface area (Å²) in [6.07, 6.45) is 6.67. The van der Waals surface area contributed by atoms with Crippen LogP contribution in [0.25, 0.3) is 0 Å². The zero-order valence-electron chi connectivity index (χ0n) is 9.47. The van der Waals surface area contributed by atoms with Crippen LogP contribution in [0.15, 0.2) is 11.6 Å². The summed E-state index contributed by atoms with van der Waals surface area (Å²) in [5, 5.41) is 0. The number of carbonyl (C=O) groups is 1. The number of fused-ring (bicyclic) bond motifs is 1. The lowest BCUT2D eigenvalue weighted by atomic mass is 9.92. The van der Waals surface area contributed by atoms with Gasteiger partial charge in [0.2, 0.25) is 0 Å². The molecule has 78 valence electrons. The van der Waals surface area contributed by atoms with Gasteiger partial charge in [0.15, 0.2) is 0 Å². The molecule has 0 aliphatic heterocycles. The number of carbonyl (C=O) groups excluding carboxylic acids is 1. The molecule has 2 saturated carbocycles. The van der Waals surface area contributed by atoms with Gasteiger partial charge in [-0.15, -0.1) is 0 Å². The lowest BCUT2D eigenvalue weighted by Crippen LogP contribution is -2.09. The fourth-order valence-corrected chi connectivity index (χ4v) is 3.22. The van der Waals surface area contributed by atoms with Gasteiger partial charge in [0, 0.05) is 12.3 Å². The predicted octanol–water partition coefficient (Wildman–Crippen LogP) is 3.35. The Bertz CT molecular complexity index is 286. The summed E-state index contributed by atoms with van der Waals surface area (Å²) < 4.78 is 0. The molecule has 0 aromatic heterocycles. The standard InChI is InChI=1S/C13H20O/c1-9(2)5-4-8-13(3)10-6-7-11(14)12(10)13/h5,10,12H,4,6-8H2,1-3H3/t10-,12-,13+/m0/s1. The molecule has 0 spiro atoms. The van der Waals surface area contributed by atoms with Gasteiger partial charge in [-0.2, -0.15) is 0 Å². The SMILES string of the molecule is CC(C)=CCC[C@@]1(C)[C@@H]2C(=O)CC[C@@H]21. The first-order valence-electron chi connectivity index (χ1n) is 5.72. The second-order valence-corrected chi connectivity index (χ2v) is 5.42. The van der Waals surface area contributed by atoms with Crippen molar-refractivity contribution >= 4 is 5.78 Å². The molecular formula is C13H20O. The van der Waals surface area contributed by atoms with Crippen LogP contribution in [0.2, 0.25) is 0 Å². The first kappa shape index (κ1) is 9.95.